The molecule has 1 N–H and O–H groups in total. The standard InChI is InChI=1S/C15H18N6S/c1-2-12(22-9-1)3-4-20-5-7-21(8-6-20)15-13-10-18-19-14(13)16-11-17-15/h1-2,9-11H,3-8H2,(H,16,17,18,19). The van der Waals surface area contributed by atoms with E-state index in [1.165, 1.54) is 4.88 Å². The van der Waals surface area contributed by atoms with Crippen molar-refractivity contribution in [3.63, 3.8) is 0 Å². The van der Waals surface area contributed by atoms with Gasteiger partial charge in [-0.3, -0.25) is 10.00 Å². The van der Waals surface area contributed by atoms with Gasteiger partial charge in [-0.2, -0.15) is 5.10 Å². The highest BCUT2D eigenvalue weighted by Gasteiger charge is 2.20. The molecule has 1 fully saturated rings. The van der Waals surface area contributed by atoms with Crippen LogP contribution in [0.1, 0.15) is 4.88 Å². The van der Waals surface area contributed by atoms with Crippen molar-refractivity contribution in [2.24, 2.45) is 0 Å². The second-order valence-electron chi connectivity index (χ2n) is 5.49. The summed E-state index contributed by atoms with van der Waals surface area (Å²) in [4.78, 5) is 15.0. The topological polar surface area (TPSA) is 60.9 Å². The second kappa shape index (κ2) is 6.02. The Labute approximate surface area is 132 Å². The van der Waals surface area contributed by atoms with Crippen LogP contribution in [0.4, 0.5) is 5.82 Å². The fourth-order valence-corrected chi connectivity index (χ4v) is 3.61. The molecule has 1 saturated heterocycles. The minimum atomic E-state index is 0.810. The van der Waals surface area contributed by atoms with Gasteiger partial charge in [0.05, 0.1) is 11.6 Å². The van der Waals surface area contributed by atoms with E-state index in [0.29, 0.717) is 0 Å². The Morgan fingerprint density at radius 1 is 1.18 bits per heavy atom. The van der Waals surface area contributed by atoms with Crippen molar-refractivity contribution in [3.05, 3.63) is 34.9 Å². The lowest BCUT2D eigenvalue weighted by atomic mass is 10.2. The highest BCUT2D eigenvalue weighted by atomic mass is 32.1. The van der Waals surface area contributed by atoms with Crippen molar-refractivity contribution in [2.75, 3.05) is 37.6 Å². The molecule has 0 atom stereocenters. The van der Waals surface area contributed by atoms with Crippen LogP contribution in [0.25, 0.3) is 11.0 Å². The minimum absolute atomic E-state index is 0.810. The van der Waals surface area contributed by atoms with Crippen LogP contribution in [0.15, 0.2) is 30.0 Å². The number of nitrogens with zero attached hydrogens (tertiary/aromatic N) is 5. The molecule has 0 bridgehead atoms. The van der Waals surface area contributed by atoms with Gasteiger partial charge in [-0.25, -0.2) is 9.97 Å². The van der Waals surface area contributed by atoms with E-state index in [0.717, 1.165) is 56.0 Å². The number of H-pyrrole nitrogens is 1. The molecule has 3 aromatic rings. The maximum absolute atomic E-state index is 4.45. The molecule has 3 aromatic heterocycles. The first-order valence-corrected chi connectivity index (χ1v) is 8.42. The Balaban J connectivity index is 1.38. The molecule has 0 amide bonds. The quantitative estimate of drug-likeness (QED) is 0.795. The molecule has 4 heterocycles. The molecule has 114 valence electrons. The van der Waals surface area contributed by atoms with Gasteiger partial charge in [0.25, 0.3) is 0 Å². The number of fused-ring (bicyclic) bond motifs is 1. The van der Waals surface area contributed by atoms with Gasteiger partial charge in [-0.05, 0) is 17.9 Å². The Hall–Kier alpha value is -1.99. The lowest BCUT2D eigenvalue weighted by molar-refractivity contribution is 0.261. The molecule has 7 heteroatoms. The van der Waals surface area contributed by atoms with E-state index in [-0.39, 0.29) is 0 Å². The zero-order valence-electron chi connectivity index (χ0n) is 12.3. The van der Waals surface area contributed by atoms with Crippen LogP contribution < -0.4 is 4.90 Å². The first-order valence-electron chi connectivity index (χ1n) is 7.54. The predicted molar refractivity (Wildman–Crippen MR) is 88.4 cm³/mol. The third-order valence-corrected chi connectivity index (χ3v) is 5.09. The summed E-state index contributed by atoms with van der Waals surface area (Å²) in [5.74, 6) is 0.997. The van der Waals surface area contributed by atoms with Crippen LogP contribution in [0.5, 0.6) is 0 Å². The molecule has 22 heavy (non-hydrogen) atoms. The zero-order chi connectivity index (χ0) is 14.8. The first kappa shape index (κ1) is 13.7. The molecule has 0 saturated carbocycles. The van der Waals surface area contributed by atoms with Gasteiger partial charge in [0, 0.05) is 37.6 Å². The Kier molecular flexibility index (Phi) is 3.74. The maximum Gasteiger partial charge on any atom is 0.160 e. The molecule has 6 nitrogen and oxygen atoms in total. The van der Waals surface area contributed by atoms with Crippen molar-refractivity contribution in [1.29, 1.82) is 0 Å². The third kappa shape index (κ3) is 2.69. The van der Waals surface area contributed by atoms with E-state index in [2.05, 4.69) is 47.5 Å². The van der Waals surface area contributed by atoms with Crippen LogP contribution in [-0.4, -0.2) is 57.8 Å². The van der Waals surface area contributed by atoms with Crippen molar-refractivity contribution in [1.82, 2.24) is 25.1 Å². The van der Waals surface area contributed by atoms with E-state index >= 15 is 0 Å². The fraction of sp³-hybridized carbons (Fsp3) is 0.400. The molecule has 0 spiro atoms. The van der Waals surface area contributed by atoms with Crippen molar-refractivity contribution < 1.29 is 0 Å². The van der Waals surface area contributed by atoms with Gasteiger partial charge in [-0.15, -0.1) is 11.3 Å². The molecule has 1 aliphatic rings. The van der Waals surface area contributed by atoms with Crippen LogP contribution in [-0.2, 0) is 6.42 Å². The number of hydrogen-bond acceptors (Lipinski definition) is 6. The summed E-state index contributed by atoms with van der Waals surface area (Å²) in [7, 11) is 0. The molecule has 4 rings (SSSR count). The maximum atomic E-state index is 4.45. The van der Waals surface area contributed by atoms with Crippen molar-refractivity contribution in [2.45, 2.75) is 6.42 Å². The van der Waals surface area contributed by atoms with Gasteiger partial charge in [0.1, 0.15) is 12.1 Å². The Morgan fingerprint density at radius 2 is 2.09 bits per heavy atom. The lowest BCUT2D eigenvalue weighted by Gasteiger charge is -2.35. The largest absolute Gasteiger partial charge is 0.353 e. The third-order valence-electron chi connectivity index (χ3n) is 4.15. The van der Waals surface area contributed by atoms with E-state index in [1.807, 2.05) is 17.5 Å². The van der Waals surface area contributed by atoms with Crippen molar-refractivity contribution >= 4 is 28.2 Å². The van der Waals surface area contributed by atoms with Crippen molar-refractivity contribution in [3.8, 4) is 0 Å². The Morgan fingerprint density at radius 3 is 2.91 bits per heavy atom. The second-order valence-corrected chi connectivity index (χ2v) is 6.52. The molecule has 0 unspecified atom stereocenters. The number of hydrogen-bond donors (Lipinski definition) is 1. The van der Waals surface area contributed by atoms with Gasteiger partial charge in [-0.1, -0.05) is 6.07 Å². The monoisotopic (exact) mass is 314 g/mol. The molecule has 1 aliphatic heterocycles. The highest BCUT2D eigenvalue weighted by Crippen LogP contribution is 2.22. The molecule has 0 radical (unpaired) electrons. The number of anilines is 1. The van der Waals surface area contributed by atoms with Crippen LogP contribution in [0.3, 0.4) is 0 Å². The van der Waals surface area contributed by atoms with Gasteiger partial charge < -0.3 is 4.90 Å². The summed E-state index contributed by atoms with van der Waals surface area (Å²) in [6.07, 6.45) is 4.57. The average Bonchev–Trinajstić information content (AvgIpc) is 3.24. The molecule has 0 aliphatic carbocycles. The smallest absolute Gasteiger partial charge is 0.160 e. The summed E-state index contributed by atoms with van der Waals surface area (Å²) in [5.41, 5.74) is 0.810. The average molecular weight is 314 g/mol. The van der Waals surface area contributed by atoms with Crippen LogP contribution >= 0.6 is 11.3 Å². The van der Waals surface area contributed by atoms with Gasteiger partial charge >= 0.3 is 0 Å². The summed E-state index contributed by atoms with van der Waals surface area (Å²) in [6, 6.07) is 4.35. The molecule has 0 aromatic carbocycles. The number of aromatic amines is 1. The van der Waals surface area contributed by atoms with Crippen LogP contribution in [0, 0.1) is 0 Å². The molecular weight excluding hydrogens is 296 g/mol. The highest BCUT2D eigenvalue weighted by molar-refractivity contribution is 7.09. The summed E-state index contributed by atoms with van der Waals surface area (Å²) in [6.45, 7) is 5.30. The SMILES string of the molecule is c1csc(CCN2CCN(c3ncnc4[nH]ncc34)CC2)c1. The lowest BCUT2D eigenvalue weighted by Crippen LogP contribution is -2.47. The van der Waals surface area contributed by atoms with E-state index < -0.39 is 0 Å². The minimum Gasteiger partial charge on any atom is -0.353 e. The molecular formula is C15H18N6S. The summed E-state index contributed by atoms with van der Waals surface area (Å²) < 4.78 is 0. The number of aromatic nitrogens is 4. The van der Waals surface area contributed by atoms with Crippen LogP contribution in [0.2, 0.25) is 0 Å². The van der Waals surface area contributed by atoms with Gasteiger partial charge in [0.2, 0.25) is 0 Å². The normalized spacial score (nSPS) is 16.5. The number of piperazine rings is 1. The number of nitrogens with one attached hydrogen (secondary N) is 1. The zero-order valence-corrected chi connectivity index (χ0v) is 13.1. The van der Waals surface area contributed by atoms with E-state index in [9.17, 15) is 0 Å². The van der Waals surface area contributed by atoms with E-state index in [4.69, 9.17) is 0 Å². The number of rotatable bonds is 4. The summed E-state index contributed by atoms with van der Waals surface area (Å²) in [5, 5.41) is 10.1. The summed E-state index contributed by atoms with van der Waals surface area (Å²) >= 11 is 1.85. The number of thiophene rings is 1. The fourth-order valence-electron chi connectivity index (χ4n) is 2.91. The van der Waals surface area contributed by atoms with E-state index in [1.54, 1.807) is 6.33 Å². The van der Waals surface area contributed by atoms with Gasteiger partial charge in [0.15, 0.2) is 5.65 Å². The first-order chi connectivity index (χ1) is 10.9. The Bertz CT molecular complexity index is 729. The predicted octanol–water partition coefficient (Wildman–Crippen LogP) is 1.78.